The fourth-order valence-electron chi connectivity index (χ4n) is 7.97. The molecule has 0 saturated heterocycles. The monoisotopic (exact) mass is 687 g/mol. The van der Waals surface area contributed by atoms with Crippen LogP contribution in [-0.4, -0.2) is 4.57 Å². The van der Waals surface area contributed by atoms with Gasteiger partial charge in [0.2, 0.25) is 0 Å². The zero-order chi connectivity index (χ0) is 33.7. The number of allylic oxidation sites excluding steroid dienone is 1. The minimum absolute atomic E-state index is 1.01. The maximum Gasteiger partial charge on any atom is 0.0576 e. The lowest BCUT2D eigenvalue weighted by Crippen LogP contribution is -2.07. The van der Waals surface area contributed by atoms with Crippen LogP contribution in [0.2, 0.25) is 0 Å². The van der Waals surface area contributed by atoms with E-state index < -0.39 is 0 Å². The van der Waals surface area contributed by atoms with Crippen molar-refractivity contribution in [2.24, 2.45) is 0 Å². The molecule has 1 aliphatic carbocycles. The summed E-state index contributed by atoms with van der Waals surface area (Å²) in [7, 11) is 0. The van der Waals surface area contributed by atoms with E-state index in [0.29, 0.717) is 0 Å². The van der Waals surface area contributed by atoms with Crippen molar-refractivity contribution < 1.29 is 0 Å². The van der Waals surface area contributed by atoms with Gasteiger partial charge < -0.3 is 4.57 Å². The second kappa shape index (κ2) is 12.7. The van der Waals surface area contributed by atoms with E-state index in [1.54, 1.807) is 0 Å². The van der Waals surface area contributed by atoms with Gasteiger partial charge in [-0.1, -0.05) is 163 Å². The number of nitrogens with zero attached hydrogens (tertiary/aromatic N) is 1. The largest absolute Gasteiger partial charge is 0.309 e. The first kappa shape index (κ1) is 30.4. The van der Waals surface area contributed by atoms with E-state index in [0.717, 1.165) is 12.8 Å². The first-order valence-corrected chi connectivity index (χ1v) is 19.2. The van der Waals surface area contributed by atoms with Crippen LogP contribution in [0, 0.1) is 0 Å². The molecule has 51 heavy (non-hydrogen) atoms. The van der Waals surface area contributed by atoms with Gasteiger partial charge in [0.1, 0.15) is 0 Å². The molecule has 3 heteroatoms. The highest BCUT2D eigenvalue weighted by Gasteiger charge is 2.29. The third kappa shape index (κ3) is 5.11. The maximum absolute atomic E-state index is 2.50. The van der Waals surface area contributed by atoms with E-state index in [9.17, 15) is 0 Å². The summed E-state index contributed by atoms with van der Waals surface area (Å²) in [4.78, 5) is 5.08. The summed E-state index contributed by atoms with van der Waals surface area (Å²) in [5.74, 6) is 0. The number of hydrogen-bond acceptors (Lipinski definition) is 2. The molecule has 0 fully saturated rings. The van der Waals surface area contributed by atoms with Crippen molar-refractivity contribution in [3.63, 3.8) is 0 Å². The lowest BCUT2D eigenvalue weighted by Gasteiger charge is -2.26. The molecule has 0 spiro atoms. The third-order valence-electron chi connectivity index (χ3n) is 10.2. The summed E-state index contributed by atoms with van der Waals surface area (Å²) in [6.07, 6.45) is 4.53. The molecule has 0 bridgehead atoms. The second-order valence-electron chi connectivity index (χ2n) is 13.1. The van der Waals surface area contributed by atoms with Gasteiger partial charge in [-0.15, -0.1) is 0 Å². The molecule has 1 aromatic heterocycles. The Morgan fingerprint density at radius 2 is 1.06 bits per heavy atom. The number of aryl methyl sites for hydroxylation is 1. The Morgan fingerprint density at radius 1 is 0.451 bits per heavy atom. The minimum atomic E-state index is 1.01. The average Bonchev–Trinajstić information content (AvgIpc) is 3.54. The molecule has 8 aromatic rings. The van der Waals surface area contributed by atoms with E-state index in [2.05, 4.69) is 181 Å². The van der Waals surface area contributed by atoms with Crippen LogP contribution in [0.25, 0.3) is 55.5 Å². The average molecular weight is 688 g/mol. The van der Waals surface area contributed by atoms with Crippen LogP contribution in [0.5, 0.6) is 0 Å². The highest BCUT2D eigenvalue weighted by atomic mass is 32.2. The Hall–Kier alpha value is -5.48. The molecule has 1 aliphatic heterocycles. The van der Waals surface area contributed by atoms with Crippen molar-refractivity contribution in [2.45, 2.75) is 32.4 Å². The van der Waals surface area contributed by atoms with Gasteiger partial charge in [0, 0.05) is 41.8 Å². The van der Waals surface area contributed by atoms with Gasteiger partial charge in [0.15, 0.2) is 0 Å². The summed E-state index contributed by atoms with van der Waals surface area (Å²) in [6, 6.07) is 62.4. The molecular weight excluding hydrogens is 655 g/mol. The van der Waals surface area contributed by atoms with Gasteiger partial charge >= 0.3 is 0 Å². The van der Waals surface area contributed by atoms with Crippen LogP contribution in [0.3, 0.4) is 0 Å². The highest BCUT2D eigenvalue weighted by Crippen LogP contribution is 2.53. The van der Waals surface area contributed by atoms with Crippen LogP contribution in [-0.2, 0) is 6.42 Å². The zero-order valence-electron chi connectivity index (χ0n) is 27.9. The summed E-state index contributed by atoms with van der Waals surface area (Å²) < 4.78 is 2.50. The number of hydrogen-bond donors (Lipinski definition) is 0. The van der Waals surface area contributed by atoms with E-state index in [1.165, 1.54) is 91.9 Å². The molecule has 0 unspecified atom stereocenters. The Kier molecular flexibility index (Phi) is 7.55. The van der Waals surface area contributed by atoms with E-state index in [4.69, 9.17) is 0 Å². The number of rotatable bonds is 3. The van der Waals surface area contributed by atoms with Crippen molar-refractivity contribution in [2.75, 3.05) is 0 Å². The Morgan fingerprint density at radius 3 is 1.90 bits per heavy atom. The van der Waals surface area contributed by atoms with E-state index in [1.807, 2.05) is 23.5 Å². The van der Waals surface area contributed by atoms with Crippen LogP contribution < -0.4 is 0 Å². The van der Waals surface area contributed by atoms with Gasteiger partial charge in [-0.05, 0) is 88.2 Å². The number of fused-ring (bicyclic) bond motifs is 9. The Bertz CT molecular complexity index is 2630. The Labute approximate surface area is 307 Å². The van der Waals surface area contributed by atoms with Crippen molar-refractivity contribution in [3.8, 4) is 39.1 Å². The molecule has 7 aromatic carbocycles. The summed E-state index contributed by atoms with van der Waals surface area (Å²) in [5.41, 5.74) is 15.4. The molecule has 10 rings (SSSR count). The first-order valence-electron chi connectivity index (χ1n) is 17.6. The second-order valence-corrected chi connectivity index (χ2v) is 15.2. The predicted octanol–water partition coefficient (Wildman–Crippen LogP) is 13.6. The molecule has 0 saturated carbocycles. The summed E-state index contributed by atoms with van der Waals surface area (Å²) >= 11 is 3.79. The van der Waals surface area contributed by atoms with Gasteiger partial charge in [0.25, 0.3) is 0 Å². The molecule has 242 valence electrons. The normalized spacial score (nSPS) is 13.3. The van der Waals surface area contributed by atoms with Crippen molar-refractivity contribution in [1.82, 2.24) is 4.57 Å². The smallest absolute Gasteiger partial charge is 0.0576 e. The molecular formula is C48H33NS2. The molecule has 1 nitrogen and oxygen atoms in total. The standard InChI is InChI=1S/C48H33NS2/c1-3-16-32(17-4-1)34-23-13-27-40-36-21-8-11-29-43(36)50-44-30-12-9-22-41(44)46-37(24-15-31-45(46)51-48(34)40)39-26-14-25-38-35-20-7-10-28-42(35)49(47(38)39)33-18-5-2-6-19-33/h1-13,15-24,26-31H,14,25H2. The van der Waals surface area contributed by atoms with E-state index >= 15 is 0 Å². The van der Waals surface area contributed by atoms with Gasteiger partial charge in [-0.25, -0.2) is 0 Å². The molecule has 0 atom stereocenters. The SMILES string of the molecule is C1=C(c2cccc3c2-c2ccccc2Sc2ccccc2-c2cccc(-c4ccccc4)c2S3)c2c(c3ccccc3n2-c2ccccc2)CC1. The molecule has 0 amide bonds. The van der Waals surface area contributed by atoms with Gasteiger partial charge in [-0.2, -0.15) is 0 Å². The van der Waals surface area contributed by atoms with Crippen molar-refractivity contribution in [3.05, 3.63) is 193 Å². The van der Waals surface area contributed by atoms with E-state index in [-0.39, 0.29) is 0 Å². The molecule has 2 heterocycles. The third-order valence-corrected chi connectivity index (χ3v) is 12.5. The fraction of sp³-hybridized carbons (Fsp3) is 0.0417. The molecule has 0 radical (unpaired) electrons. The maximum atomic E-state index is 2.50. The Balaban J connectivity index is 1.27. The minimum Gasteiger partial charge on any atom is -0.309 e. The summed E-state index contributed by atoms with van der Waals surface area (Å²) in [6.45, 7) is 0. The number of aromatic nitrogens is 1. The first-order chi connectivity index (χ1) is 25.3. The molecule has 0 N–H and O–H groups in total. The fourth-order valence-corrected chi connectivity index (χ4v) is 10.3. The van der Waals surface area contributed by atoms with Gasteiger partial charge in [0.05, 0.1) is 11.2 Å². The lowest BCUT2D eigenvalue weighted by atomic mass is 9.86. The van der Waals surface area contributed by atoms with Crippen LogP contribution in [0.1, 0.15) is 23.2 Å². The van der Waals surface area contributed by atoms with Crippen LogP contribution in [0.4, 0.5) is 0 Å². The van der Waals surface area contributed by atoms with Crippen LogP contribution in [0.15, 0.2) is 196 Å². The van der Waals surface area contributed by atoms with Crippen molar-refractivity contribution >= 4 is 40.0 Å². The van der Waals surface area contributed by atoms with Crippen molar-refractivity contribution in [1.29, 1.82) is 0 Å². The number of para-hydroxylation sites is 2. The quantitative estimate of drug-likeness (QED) is 0.182. The zero-order valence-corrected chi connectivity index (χ0v) is 29.6. The topological polar surface area (TPSA) is 4.93 Å². The van der Waals surface area contributed by atoms with Gasteiger partial charge in [-0.3, -0.25) is 0 Å². The lowest BCUT2D eigenvalue weighted by molar-refractivity contribution is 0.956. The molecule has 2 aliphatic rings. The summed E-state index contributed by atoms with van der Waals surface area (Å²) in [5, 5.41) is 1.34. The predicted molar refractivity (Wildman–Crippen MR) is 216 cm³/mol. The number of benzene rings is 7. The highest BCUT2D eigenvalue weighted by molar-refractivity contribution is 8.00. The van der Waals surface area contributed by atoms with Crippen LogP contribution >= 0.6 is 23.5 Å².